The molecule has 0 saturated heterocycles. The second-order valence-corrected chi connectivity index (χ2v) is 6.84. The van der Waals surface area contributed by atoms with E-state index in [-0.39, 0.29) is 17.7 Å². The van der Waals surface area contributed by atoms with E-state index < -0.39 is 5.79 Å². The minimum Gasteiger partial charge on any atom is -0.359 e. The summed E-state index contributed by atoms with van der Waals surface area (Å²) >= 11 is 0. The minimum atomic E-state index is -1.87. The summed E-state index contributed by atoms with van der Waals surface area (Å²) in [5, 5.41) is 25.7. The molecule has 0 aromatic heterocycles. The van der Waals surface area contributed by atoms with Crippen molar-refractivity contribution in [2.45, 2.75) is 32.0 Å². The smallest absolute Gasteiger partial charge is 0.248 e. The third kappa shape index (κ3) is 2.60. The van der Waals surface area contributed by atoms with Gasteiger partial charge in [-0.1, -0.05) is 29.3 Å². The fraction of sp³-hybridized carbons (Fsp3) is 0.368. The Morgan fingerprint density at radius 2 is 2.00 bits per heavy atom. The van der Waals surface area contributed by atoms with E-state index in [4.69, 9.17) is 0 Å². The molecule has 1 fully saturated rings. The maximum Gasteiger partial charge on any atom is 0.248 e. The van der Waals surface area contributed by atoms with Crippen LogP contribution in [0.15, 0.2) is 53.2 Å². The Morgan fingerprint density at radius 1 is 1.25 bits per heavy atom. The first-order valence-electron chi connectivity index (χ1n) is 8.27. The number of benzene rings is 1. The Bertz CT molecular complexity index is 774. The van der Waals surface area contributed by atoms with Crippen molar-refractivity contribution in [3.63, 3.8) is 0 Å². The molecule has 1 heterocycles. The van der Waals surface area contributed by atoms with Gasteiger partial charge >= 0.3 is 0 Å². The molecule has 0 bridgehead atoms. The third-order valence-electron chi connectivity index (χ3n) is 5.00. The summed E-state index contributed by atoms with van der Waals surface area (Å²) < 4.78 is 0. The number of anilines is 1. The van der Waals surface area contributed by atoms with Gasteiger partial charge in [-0.25, -0.2) is 5.01 Å². The lowest BCUT2D eigenvalue weighted by atomic mass is 9.72. The van der Waals surface area contributed by atoms with E-state index in [9.17, 15) is 15.0 Å². The van der Waals surface area contributed by atoms with Crippen molar-refractivity contribution in [3.8, 4) is 0 Å². The number of aryl methyl sites for hydroxylation is 1. The van der Waals surface area contributed by atoms with Gasteiger partial charge < -0.3 is 10.2 Å². The molecule has 5 heteroatoms. The first-order valence-corrected chi connectivity index (χ1v) is 8.27. The van der Waals surface area contributed by atoms with Crippen LogP contribution in [0.4, 0.5) is 5.69 Å². The number of carbonyl (C=O) groups excluding carboxylic acids is 1. The van der Waals surface area contributed by atoms with Gasteiger partial charge in [0.25, 0.3) is 0 Å². The minimum absolute atomic E-state index is 0.0125. The number of nitrogens with zero attached hydrogens (tertiary/aromatic N) is 2. The Labute approximate surface area is 140 Å². The standard InChI is InChI=1S/C19H20N2O3/c1-12-2-6-15(7-3-12)21-17(22)10-13-4-5-14-11-19(23,24)9-8-16(14)18(13)20-21/h2-3,6-9,11,13,16,23-24H,4-5,10H2,1H3. The van der Waals surface area contributed by atoms with E-state index in [1.165, 1.54) is 17.2 Å². The van der Waals surface area contributed by atoms with Crippen LogP contribution in [0.5, 0.6) is 0 Å². The second kappa shape index (κ2) is 5.40. The summed E-state index contributed by atoms with van der Waals surface area (Å²) in [4.78, 5) is 12.5. The molecule has 1 aromatic rings. The van der Waals surface area contributed by atoms with Gasteiger partial charge in [0.2, 0.25) is 11.7 Å². The predicted molar refractivity (Wildman–Crippen MR) is 91.3 cm³/mol. The van der Waals surface area contributed by atoms with E-state index >= 15 is 0 Å². The maximum absolute atomic E-state index is 12.5. The molecule has 5 nitrogen and oxygen atoms in total. The quantitative estimate of drug-likeness (QED) is 0.615. The van der Waals surface area contributed by atoms with Gasteiger partial charge in [0.15, 0.2) is 0 Å². The molecule has 3 aliphatic rings. The largest absolute Gasteiger partial charge is 0.359 e. The third-order valence-corrected chi connectivity index (χ3v) is 5.00. The monoisotopic (exact) mass is 324 g/mol. The zero-order valence-corrected chi connectivity index (χ0v) is 13.5. The molecule has 24 heavy (non-hydrogen) atoms. The van der Waals surface area contributed by atoms with Crippen LogP contribution in [0.3, 0.4) is 0 Å². The van der Waals surface area contributed by atoms with Crippen LogP contribution in [-0.4, -0.2) is 27.6 Å². The first kappa shape index (κ1) is 15.3. The van der Waals surface area contributed by atoms with Crippen LogP contribution in [0.2, 0.25) is 0 Å². The highest BCUT2D eigenvalue weighted by molar-refractivity contribution is 6.05. The van der Waals surface area contributed by atoms with Crippen LogP contribution >= 0.6 is 0 Å². The zero-order valence-electron chi connectivity index (χ0n) is 13.5. The van der Waals surface area contributed by atoms with E-state index in [2.05, 4.69) is 5.10 Å². The topological polar surface area (TPSA) is 73.1 Å². The molecule has 124 valence electrons. The van der Waals surface area contributed by atoms with Crippen molar-refractivity contribution in [2.75, 3.05) is 5.01 Å². The number of aliphatic hydroxyl groups is 2. The van der Waals surface area contributed by atoms with Crippen LogP contribution in [0.25, 0.3) is 0 Å². The van der Waals surface area contributed by atoms with E-state index in [0.717, 1.165) is 35.4 Å². The molecule has 1 saturated carbocycles. The van der Waals surface area contributed by atoms with Crippen molar-refractivity contribution in [1.82, 2.24) is 0 Å². The number of hydrazone groups is 1. The summed E-state index contributed by atoms with van der Waals surface area (Å²) in [6.45, 7) is 2.00. The molecule has 1 aromatic carbocycles. The highest BCUT2D eigenvalue weighted by atomic mass is 16.5. The van der Waals surface area contributed by atoms with Gasteiger partial charge in [0.05, 0.1) is 11.4 Å². The lowest BCUT2D eigenvalue weighted by molar-refractivity contribution is -0.119. The van der Waals surface area contributed by atoms with E-state index in [1.807, 2.05) is 31.2 Å². The van der Waals surface area contributed by atoms with Crippen LogP contribution < -0.4 is 5.01 Å². The number of hydrogen-bond acceptors (Lipinski definition) is 4. The van der Waals surface area contributed by atoms with Crippen LogP contribution in [-0.2, 0) is 4.79 Å². The lowest BCUT2D eigenvalue weighted by Crippen LogP contribution is -2.43. The van der Waals surface area contributed by atoms with Crippen molar-refractivity contribution in [2.24, 2.45) is 16.9 Å². The van der Waals surface area contributed by atoms with Crippen LogP contribution in [0.1, 0.15) is 24.8 Å². The fourth-order valence-electron chi connectivity index (χ4n) is 3.74. The molecular formula is C19H20N2O3. The Morgan fingerprint density at radius 3 is 2.75 bits per heavy atom. The molecule has 2 atom stereocenters. The number of rotatable bonds is 1. The number of hydrogen-bond donors (Lipinski definition) is 2. The normalized spacial score (nSPS) is 28.0. The summed E-state index contributed by atoms with van der Waals surface area (Å²) in [7, 11) is 0. The highest BCUT2D eigenvalue weighted by Gasteiger charge is 2.40. The molecule has 0 radical (unpaired) electrons. The molecule has 2 aliphatic carbocycles. The summed E-state index contributed by atoms with van der Waals surface area (Å²) in [5.41, 5.74) is 3.82. The molecule has 0 spiro atoms. The average molecular weight is 324 g/mol. The second-order valence-electron chi connectivity index (χ2n) is 6.84. The number of allylic oxidation sites excluding steroid dienone is 2. The van der Waals surface area contributed by atoms with E-state index in [1.54, 1.807) is 6.08 Å². The molecule has 4 rings (SSSR count). The van der Waals surface area contributed by atoms with Crippen molar-refractivity contribution >= 4 is 17.3 Å². The number of amides is 1. The molecule has 2 unspecified atom stereocenters. The first-order chi connectivity index (χ1) is 11.4. The summed E-state index contributed by atoms with van der Waals surface area (Å²) in [5.74, 6) is -1.77. The van der Waals surface area contributed by atoms with Crippen molar-refractivity contribution < 1.29 is 15.0 Å². The Hall–Kier alpha value is -2.24. The summed E-state index contributed by atoms with van der Waals surface area (Å²) in [6.07, 6.45) is 6.72. The summed E-state index contributed by atoms with van der Waals surface area (Å²) in [6, 6.07) is 7.74. The van der Waals surface area contributed by atoms with Gasteiger partial charge in [-0.3, -0.25) is 4.79 Å². The average Bonchev–Trinajstić information content (AvgIpc) is 2.54. The Kier molecular flexibility index (Phi) is 3.44. The van der Waals surface area contributed by atoms with Gasteiger partial charge in [-0.05, 0) is 44.1 Å². The molecule has 1 aliphatic heterocycles. The van der Waals surface area contributed by atoms with Gasteiger partial charge in [-0.15, -0.1) is 0 Å². The van der Waals surface area contributed by atoms with Gasteiger partial charge in [0.1, 0.15) is 0 Å². The zero-order chi connectivity index (χ0) is 16.9. The highest BCUT2D eigenvalue weighted by Crippen LogP contribution is 2.40. The lowest BCUT2D eigenvalue weighted by Gasteiger charge is -2.39. The Balaban J connectivity index is 1.72. The van der Waals surface area contributed by atoms with E-state index in [0.29, 0.717) is 6.42 Å². The predicted octanol–water partition coefficient (Wildman–Crippen LogP) is 2.29. The fourth-order valence-corrected chi connectivity index (χ4v) is 3.74. The van der Waals surface area contributed by atoms with Gasteiger partial charge in [0, 0.05) is 18.3 Å². The SMILES string of the molecule is Cc1ccc(N2N=C3C(CCC4=CC(O)(O)C=CC43)CC2=O)cc1. The molecular weight excluding hydrogens is 304 g/mol. The molecule has 1 amide bonds. The number of fused-ring (bicyclic) bond motifs is 3. The number of carbonyl (C=O) groups is 1. The maximum atomic E-state index is 12.5. The van der Waals surface area contributed by atoms with Crippen LogP contribution in [0, 0.1) is 18.8 Å². The van der Waals surface area contributed by atoms with Crippen molar-refractivity contribution in [3.05, 3.63) is 53.6 Å². The van der Waals surface area contributed by atoms with Gasteiger partial charge in [-0.2, -0.15) is 5.10 Å². The van der Waals surface area contributed by atoms with Crippen molar-refractivity contribution in [1.29, 1.82) is 0 Å². The molecule has 2 N–H and O–H groups in total.